The van der Waals surface area contributed by atoms with E-state index in [9.17, 15) is 9.59 Å². The van der Waals surface area contributed by atoms with E-state index in [1.165, 1.54) is 0 Å². The van der Waals surface area contributed by atoms with Gasteiger partial charge in [-0.2, -0.15) is 0 Å². The number of carbonyl (C=O) groups excluding carboxylic acids is 2. The maximum Gasteiger partial charge on any atom is 0.262 e. The molecule has 6 nitrogen and oxygen atoms in total. The average Bonchev–Trinajstić information content (AvgIpc) is 2.61. The van der Waals surface area contributed by atoms with Crippen LogP contribution in [0.25, 0.3) is 0 Å². The second kappa shape index (κ2) is 6.84. The second-order valence-electron chi connectivity index (χ2n) is 6.23. The van der Waals surface area contributed by atoms with E-state index in [0.717, 1.165) is 11.3 Å². The lowest BCUT2D eigenvalue weighted by Crippen LogP contribution is -2.28. The number of nitrogens with zero attached hydrogens (tertiary/aromatic N) is 1. The quantitative estimate of drug-likeness (QED) is 0.898. The van der Waals surface area contributed by atoms with Crippen LogP contribution in [0.1, 0.15) is 28.9 Å². The number of ether oxygens (including phenoxy) is 1. The van der Waals surface area contributed by atoms with Crippen LogP contribution in [-0.2, 0) is 4.79 Å². The van der Waals surface area contributed by atoms with Crippen LogP contribution in [0, 0.1) is 0 Å². The molecule has 1 aliphatic heterocycles. The van der Waals surface area contributed by atoms with Gasteiger partial charge in [-0.05, 0) is 42.8 Å². The van der Waals surface area contributed by atoms with Crippen LogP contribution < -0.4 is 20.3 Å². The molecule has 2 amide bonds. The van der Waals surface area contributed by atoms with Crippen molar-refractivity contribution in [3.05, 3.63) is 53.6 Å². The van der Waals surface area contributed by atoms with Gasteiger partial charge < -0.3 is 20.3 Å². The first-order valence-electron chi connectivity index (χ1n) is 8.09. The van der Waals surface area contributed by atoms with E-state index < -0.39 is 0 Å². The number of nitrogens with one attached hydrogen (secondary N) is 2. The highest BCUT2D eigenvalue weighted by Crippen LogP contribution is 2.30. The van der Waals surface area contributed by atoms with Crippen molar-refractivity contribution in [3.63, 3.8) is 0 Å². The highest BCUT2D eigenvalue weighted by atomic mass is 16.5. The summed E-state index contributed by atoms with van der Waals surface area (Å²) in [6.07, 6.45) is 0. The number of rotatable bonds is 4. The molecule has 0 saturated heterocycles. The van der Waals surface area contributed by atoms with Gasteiger partial charge in [-0.25, -0.2) is 0 Å². The zero-order valence-electron chi connectivity index (χ0n) is 14.5. The highest BCUT2D eigenvalue weighted by Gasteiger charge is 2.18. The van der Waals surface area contributed by atoms with Crippen LogP contribution in [0.2, 0.25) is 0 Å². The van der Waals surface area contributed by atoms with Crippen molar-refractivity contribution in [2.45, 2.75) is 13.0 Å². The largest absolute Gasteiger partial charge is 0.482 e. The molecule has 130 valence electrons. The molecule has 2 aromatic rings. The SMILES string of the molecule is CC(NC(=O)c1cccc(N(C)C)c1)c1ccc2c(c1)NC(=O)CO2. The lowest BCUT2D eigenvalue weighted by Gasteiger charge is -2.21. The number of fused-ring (bicyclic) bond motifs is 1. The van der Waals surface area contributed by atoms with Crippen LogP contribution in [0.5, 0.6) is 5.75 Å². The second-order valence-corrected chi connectivity index (χ2v) is 6.23. The van der Waals surface area contributed by atoms with E-state index in [1.54, 1.807) is 12.1 Å². The summed E-state index contributed by atoms with van der Waals surface area (Å²) >= 11 is 0. The molecule has 6 heteroatoms. The minimum absolute atomic E-state index is 0.0286. The molecule has 0 fully saturated rings. The molecule has 1 atom stereocenters. The minimum atomic E-state index is -0.209. The Bertz CT molecular complexity index is 817. The normalized spacial score (nSPS) is 14.0. The fourth-order valence-corrected chi connectivity index (χ4v) is 2.66. The Kier molecular flexibility index (Phi) is 4.61. The van der Waals surface area contributed by atoms with Gasteiger partial charge in [0, 0.05) is 25.3 Å². The van der Waals surface area contributed by atoms with Crippen LogP contribution in [0.15, 0.2) is 42.5 Å². The lowest BCUT2D eigenvalue weighted by atomic mass is 10.1. The first-order valence-corrected chi connectivity index (χ1v) is 8.09. The molecular formula is C19H21N3O3. The van der Waals surface area contributed by atoms with Gasteiger partial charge in [-0.15, -0.1) is 0 Å². The Morgan fingerprint density at radius 2 is 2.04 bits per heavy atom. The molecule has 1 heterocycles. The molecule has 1 aliphatic rings. The molecule has 0 aromatic heterocycles. The van der Waals surface area contributed by atoms with Crippen molar-refractivity contribution in [1.29, 1.82) is 0 Å². The van der Waals surface area contributed by atoms with Gasteiger partial charge in [0.1, 0.15) is 5.75 Å². The zero-order valence-corrected chi connectivity index (χ0v) is 14.5. The minimum Gasteiger partial charge on any atom is -0.482 e. The maximum atomic E-state index is 12.5. The van der Waals surface area contributed by atoms with E-state index in [2.05, 4.69) is 10.6 Å². The van der Waals surface area contributed by atoms with Gasteiger partial charge in [-0.1, -0.05) is 12.1 Å². The van der Waals surface area contributed by atoms with Crippen molar-refractivity contribution in [2.24, 2.45) is 0 Å². The predicted octanol–water partition coefficient (Wildman–Crippen LogP) is 2.57. The van der Waals surface area contributed by atoms with Crippen molar-refractivity contribution < 1.29 is 14.3 Å². The lowest BCUT2D eigenvalue weighted by molar-refractivity contribution is -0.118. The molecular weight excluding hydrogens is 318 g/mol. The first-order chi connectivity index (χ1) is 11.9. The fraction of sp³-hybridized carbons (Fsp3) is 0.263. The van der Waals surface area contributed by atoms with Crippen molar-refractivity contribution in [2.75, 3.05) is 30.9 Å². The molecule has 0 radical (unpaired) electrons. The number of carbonyl (C=O) groups is 2. The predicted molar refractivity (Wildman–Crippen MR) is 97.2 cm³/mol. The summed E-state index contributed by atoms with van der Waals surface area (Å²) in [6, 6.07) is 12.8. The van der Waals surface area contributed by atoms with Crippen molar-refractivity contribution in [3.8, 4) is 5.75 Å². The maximum absolute atomic E-state index is 12.5. The summed E-state index contributed by atoms with van der Waals surface area (Å²) in [5.74, 6) is 0.316. The Morgan fingerprint density at radius 1 is 1.24 bits per heavy atom. The summed E-state index contributed by atoms with van der Waals surface area (Å²) in [5, 5.41) is 5.76. The zero-order chi connectivity index (χ0) is 18.0. The number of anilines is 2. The number of hydrogen-bond acceptors (Lipinski definition) is 4. The van der Waals surface area contributed by atoms with Crippen molar-refractivity contribution in [1.82, 2.24) is 5.32 Å². The van der Waals surface area contributed by atoms with Gasteiger partial charge >= 0.3 is 0 Å². The molecule has 3 rings (SSSR count). The molecule has 2 aromatic carbocycles. The molecule has 2 N–H and O–H groups in total. The fourth-order valence-electron chi connectivity index (χ4n) is 2.66. The van der Waals surface area contributed by atoms with Gasteiger partial charge in [0.05, 0.1) is 11.7 Å². The summed E-state index contributed by atoms with van der Waals surface area (Å²) in [4.78, 5) is 25.9. The van der Waals surface area contributed by atoms with Gasteiger partial charge in [0.15, 0.2) is 6.61 Å². The standard InChI is InChI=1S/C19H21N3O3/c1-12(13-7-8-17-16(10-13)21-18(23)11-25-17)20-19(24)14-5-4-6-15(9-14)22(2)3/h4-10,12H,11H2,1-3H3,(H,20,24)(H,21,23). The molecule has 0 saturated carbocycles. The summed E-state index contributed by atoms with van der Waals surface area (Å²) in [5.41, 5.74) is 3.09. The van der Waals surface area contributed by atoms with E-state index in [-0.39, 0.29) is 24.5 Å². The Balaban J connectivity index is 1.75. The van der Waals surface area contributed by atoms with E-state index in [1.807, 2.05) is 56.3 Å². The summed E-state index contributed by atoms with van der Waals surface area (Å²) < 4.78 is 5.35. The van der Waals surface area contributed by atoms with Crippen LogP contribution in [-0.4, -0.2) is 32.5 Å². The average molecular weight is 339 g/mol. The number of hydrogen-bond donors (Lipinski definition) is 2. The molecule has 1 unspecified atom stereocenters. The Labute approximate surface area is 146 Å². The van der Waals surface area contributed by atoms with Gasteiger partial charge in [0.25, 0.3) is 11.8 Å². The third-order valence-electron chi connectivity index (χ3n) is 4.11. The smallest absolute Gasteiger partial charge is 0.262 e. The number of benzene rings is 2. The van der Waals surface area contributed by atoms with E-state index in [0.29, 0.717) is 17.0 Å². The van der Waals surface area contributed by atoms with Crippen LogP contribution >= 0.6 is 0 Å². The monoisotopic (exact) mass is 339 g/mol. The summed E-state index contributed by atoms with van der Waals surface area (Å²) in [6.45, 7) is 1.93. The highest BCUT2D eigenvalue weighted by molar-refractivity contribution is 5.96. The van der Waals surface area contributed by atoms with Crippen LogP contribution in [0.3, 0.4) is 0 Å². The van der Waals surface area contributed by atoms with Crippen LogP contribution in [0.4, 0.5) is 11.4 Å². The molecule has 25 heavy (non-hydrogen) atoms. The molecule has 0 bridgehead atoms. The molecule has 0 aliphatic carbocycles. The first kappa shape index (κ1) is 16.8. The Hall–Kier alpha value is -3.02. The number of amides is 2. The topological polar surface area (TPSA) is 70.7 Å². The van der Waals surface area contributed by atoms with Gasteiger partial charge in [0.2, 0.25) is 0 Å². The van der Waals surface area contributed by atoms with Gasteiger partial charge in [-0.3, -0.25) is 9.59 Å². The molecule has 0 spiro atoms. The van der Waals surface area contributed by atoms with E-state index in [4.69, 9.17) is 4.74 Å². The third-order valence-corrected chi connectivity index (χ3v) is 4.11. The Morgan fingerprint density at radius 3 is 2.80 bits per heavy atom. The van der Waals surface area contributed by atoms with Crippen molar-refractivity contribution >= 4 is 23.2 Å². The van der Waals surface area contributed by atoms with E-state index >= 15 is 0 Å². The third kappa shape index (κ3) is 3.74. The summed E-state index contributed by atoms with van der Waals surface area (Å²) in [7, 11) is 3.87.